The van der Waals surface area contributed by atoms with E-state index in [9.17, 15) is 9.59 Å². The quantitative estimate of drug-likeness (QED) is 0.744. The van der Waals surface area contributed by atoms with Gasteiger partial charge in [0.05, 0.1) is 0 Å². The van der Waals surface area contributed by atoms with Crippen molar-refractivity contribution in [3.8, 4) is 0 Å². The van der Waals surface area contributed by atoms with Gasteiger partial charge in [-0.15, -0.1) is 0 Å². The van der Waals surface area contributed by atoms with Gasteiger partial charge in [0.25, 0.3) is 0 Å². The third-order valence-corrected chi connectivity index (χ3v) is 3.76. The van der Waals surface area contributed by atoms with Crippen molar-refractivity contribution >= 4 is 12.1 Å². The highest BCUT2D eigenvalue weighted by Gasteiger charge is 2.38. The number of nitrogens with zero attached hydrogens (tertiary/aromatic N) is 2. The van der Waals surface area contributed by atoms with Gasteiger partial charge in [0.2, 0.25) is 0 Å². The molecular weight excluding hydrogens is 224 g/mol. The standard InChI is InChI=1S/C11H18N2O4/c14-10(15)9-7-8(12-4-1-2-5-12)3-6-13(9)11(16)17/h8-9H,1-7H2,(H,14,15)(H,16,17)/t8-,9-/m0/s1. The van der Waals surface area contributed by atoms with Gasteiger partial charge in [-0.1, -0.05) is 0 Å². The van der Waals surface area contributed by atoms with Crippen LogP contribution in [0.15, 0.2) is 0 Å². The highest BCUT2D eigenvalue weighted by molar-refractivity contribution is 5.79. The molecule has 2 saturated heterocycles. The van der Waals surface area contributed by atoms with Crippen molar-refractivity contribution in [3.05, 3.63) is 0 Å². The van der Waals surface area contributed by atoms with Crippen LogP contribution in [-0.2, 0) is 4.79 Å². The minimum atomic E-state index is -1.13. The van der Waals surface area contributed by atoms with E-state index < -0.39 is 18.1 Å². The van der Waals surface area contributed by atoms with Crippen LogP contribution >= 0.6 is 0 Å². The van der Waals surface area contributed by atoms with Crippen molar-refractivity contribution in [1.29, 1.82) is 0 Å². The molecule has 2 aliphatic heterocycles. The molecule has 6 nitrogen and oxygen atoms in total. The van der Waals surface area contributed by atoms with Crippen LogP contribution in [0.5, 0.6) is 0 Å². The molecule has 1 amide bonds. The van der Waals surface area contributed by atoms with Crippen LogP contribution < -0.4 is 0 Å². The lowest BCUT2D eigenvalue weighted by Gasteiger charge is -2.39. The molecule has 0 aromatic heterocycles. The molecule has 2 fully saturated rings. The number of carbonyl (C=O) groups is 2. The summed E-state index contributed by atoms with van der Waals surface area (Å²) in [5.41, 5.74) is 0. The van der Waals surface area contributed by atoms with Crippen LogP contribution in [-0.4, -0.2) is 63.8 Å². The second-order valence-electron chi connectivity index (χ2n) is 4.75. The minimum Gasteiger partial charge on any atom is -0.480 e. The molecule has 0 unspecified atom stereocenters. The Morgan fingerprint density at radius 1 is 1.06 bits per heavy atom. The third kappa shape index (κ3) is 2.52. The van der Waals surface area contributed by atoms with Gasteiger partial charge in [-0.3, -0.25) is 4.90 Å². The second kappa shape index (κ2) is 4.91. The maximum atomic E-state index is 11.1. The number of likely N-dealkylation sites (tertiary alicyclic amines) is 2. The van der Waals surface area contributed by atoms with Crippen molar-refractivity contribution in [2.45, 2.75) is 37.8 Å². The first kappa shape index (κ1) is 12.2. The monoisotopic (exact) mass is 242 g/mol. The maximum Gasteiger partial charge on any atom is 0.408 e. The number of amides is 1. The van der Waals surface area contributed by atoms with E-state index in [1.807, 2.05) is 0 Å². The van der Waals surface area contributed by atoms with E-state index in [1.165, 1.54) is 0 Å². The molecule has 0 radical (unpaired) electrons. The minimum absolute atomic E-state index is 0.231. The van der Waals surface area contributed by atoms with Crippen LogP contribution in [0.25, 0.3) is 0 Å². The van der Waals surface area contributed by atoms with Crippen LogP contribution in [0.4, 0.5) is 4.79 Å². The molecule has 2 rings (SSSR count). The topological polar surface area (TPSA) is 81.1 Å². The molecule has 0 bridgehead atoms. The van der Waals surface area contributed by atoms with Gasteiger partial charge < -0.3 is 15.1 Å². The van der Waals surface area contributed by atoms with Crippen molar-refractivity contribution in [2.24, 2.45) is 0 Å². The number of carboxylic acids is 1. The smallest absolute Gasteiger partial charge is 0.408 e. The fourth-order valence-electron chi connectivity index (χ4n) is 2.85. The molecule has 0 aromatic carbocycles. The summed E-state index contributed by atoms with van der Waals surface area (Å²) in [5.74, 6) is -1.03. The predicted molar refractivity (Wildman–Crippen MR) is 60.0 cm³/mol. The zero-order chi connectivity index (χ0) is 12.4. The Morgan fingerprint density at radius 3 is 2.24 bits per heavy atom. The fourth-order valence-corrected chi connectivity index (χ4v) is 2.85. The molecule has 0 spiro atoms. The van der Waals surface area contributed by atoms with Gasteiger partial charge in [0.1, 0.15) is 6.04 Å². The first-order chi connectivity index (χ1) is 8.09. The Kier molecular flexibility index (Phi) is 3.51. The Hall–Kier alpha value is -1.30. The Bertz CT molecular complexity index is 315. The van der Waals surface area contributed by atoms with E-state index in [2.05, 4.69) is 4.90 Å². The summed E-state index contributed by atoms with van der Waals surface area (Å²) in [6, 6.07) is -0.652. The lowest BCUT2D eigenvalue weighted by atomic mass is 9.96. The van der Waals surface area contributed by atoms with Gasteiger partial charge in [-0.2, -0.15) is 0 Å². The normalized spacial score (nSPS) is 30.5. The summed E-state index contributed by atoms with van der Waals surface area (Å²) in [5, 5.41) is 18.1. The molecule has 0 aromatic rings. The first-order valence-corrected chi connectivity index (χ1v) is 6.06. The van der Waals surface area contributed by atoms with Crippen LogP contribution in [0.2, 0.25) is 0 Å². The lowest BCUT2D eigenvalue weighted by Crippen LogP contribution is -2.54. The summed E-state index contributed by atoms with van der Waals surface area (Å²) < 4.78 is 0. The molecule has 17 heavy (non-hydrogen) atoms. The molecule has 2 atom stereocenters. The number of aliphatic carboxylic acids is 1. The van der Waals surface area contributed by atoms with Crippen LogP contribution in [0.3, 0.4) is 0 Å². The molecule has 0 saturated carbocycles. The molecule has 96 valence electrons. The molecule has 6 heteroatoms. The Labute approximate surface area is 99.8 Å². The predicted octanol–water partition coefficient (Wildman–Crippen LogP) is 0.678. The van der Waals surface area contributed by atoms with Gasteiger partial charge in [0, 0.05) is 12.6 Å². The summed E-state index contributed by atoms with van der Waals surface area (Å²) >= 11 is 0. The number of rotatable bonds is 2. The fraction of sp³-hybridized carbons (Fsp3) is 0.818. The molecule has 2 N–H and O–H groups in total. The number of carboxylic acid groups (broad SMARTS) is 2. The van der Waals surface area contributed by atoms with Gasteiger partial charge in [-0.05, 0) is 38.8 Å². The van der Waals surface area contributed by atoms with Gasteiger partial charge in [0.15, 0.2) is 0 Å². The third-order valence-electron chi connectivity index (χ3n) is 3.76. The largest absolute Gasteiger partial charge is 0.480 e. The SMILES string of the molecule is O=C(O)[C@@H]1C[C@@H](N2CCCC2)CCN1C(=O)O. The average Bonchev–Trinajstić information content (AvgIpc) is 2.81. The van der Waals surface area contributed by atoms with Crippen molar-refractivity contribution in [2.75, 3.05) is 19.6 Å². The highest BCUT2D eigenvalue weighted by atomic mass is 16.4. The van der Waals surface area contributed by atoms with Gasteiger partial charge in [-0.25, -0.2) is 9.59 Å². The maximum absolute atomic E-state index is 11.1. The van der Waals surface area contributed by atoms with Crippen molar-refractivity contribution < 1.29 is 19.8 Å². The lowest BCUT2D eigenvalue weighted by molar-refractivity contribution is -0.144. The first-order valence-electron chi connectivity index (χ1n) is 6.06. The molecular formula is C11H18N2O4. The van der Waals surface area contributed by atoms with E-state index in [1.54, 1.807) is 0 Å². The van der Waals surface area contributed by atoms with Crippen LogP contribution in [0.1, 0.15) is 25.7 Å². The van der Waals surface area contributed by atoms with Gasteiger partial charge >= 0.3 is 12.1 Å². The summed E-state index contributed by atoms with van der Waals surface area (Å²) in [6.07, 6.45) is 2.36. The zero-order valence-corrected chi connectivity index (χ0v) is 9.71. The highest BCUT2D eigenvalue weighted by Crippen LogP contribution is 2.25. The molecule has 2 heterocycles. The summed E-state index contributed by atoms with van der Waals surface area (Å²) in [4.78, 5) is 25.4. The second-order valence-corrected chi connectivity index (χ2v) is 4.75. The Morgan fingerprint density at radius 2 is 1.71 bits per heavy atom. The van der Waals surface area contributed by atoms with Crippen molar-refractivity contribution in [1.82, 2.24) is 9.80 Å². The Balaban J connectivity index is 2.02. The average molecular weight is 242 g/mol. The van der Waals surface area contributed by atoms with E-state index in [0.29, 0.717) is 13.0 Å². The zero-order valence-electron chi connectivity index (χ0n) is 9.71. The van der Waals surface area contributed by atoms with E-state index in [0.717, 1.165) is 37.3 Å². The van der Waals surface area contributed by atoms with E-state index >= 15 is 0 Å². The van der Waals surface area contributed by atoms with Crippen LogP contribution in [0, 0.1) is 0 Å². The number of hydrogen-bond acceptors (Lipinski definition) is 3. The number of hydrogen-bond donors (Lipinski definition) is 2. The van der Waals surface area contributed by atoms with E-state index in [4.69, 9.17) is 10.2 Å². The van der Waals surface area contributed by atoms with E-state index in [-0.39, 0.29) is 6.04 Å². The molecule has 0 aliphatic carbocycles. The number of piperidine rings is 1. The summed E-state index contributed by atoms with van der Waals surface area (Å²) in [7, 11) is 0. The summed E-state index contributed by atoms with van der Waals surface area (Å²) in [6.45, 7) is 2.36. The van der Waals surface area contributed by atoms with Crippen molar-refractivity contribution in [3.63, 3.8) is 0 Å². The molecule has 2 aliphatic rings.